The molecular formula is C26H29N5O5S. The Balaban J connectivity index is 1.44. The fraction of sp³-hybridized carbons (Fsp3) is 0.423. The van der Waals surface area contributed by atoms with Crippen molar-refractivity contribution in [3.05, 3.63) is 63.2 Å². The van der Waals surface area contributed by atoms with Crippen molar-refractivity contribution in [2.75, 3.05) is 6.54 Å². The minimum absolute atomic E-state index is 0.0931. The highest BCUT2D eigenvalue weighted by Crippen LogP contribution is 2.36. The molecule has 1 aromatic carbocycles. The predicted octanol–water partition coefficient (Wildman–Crippen LogP) is 2.54. The fourth-order valence-electron chi connectivity index (χ4n) is 5.12. The molecule has 0 spiro atoms. The van der Waals surface area contributed by atoms with Crippen LogP contribution in [0.5, 0.6) is 0 Å². The molecule has 1 saturated heterocycles. The molecule has 10 nitrogen and oxygen atoms in total. The topological polar surface area (TPSA) is 141 Å². The quantitative estimate of drug-likeness (QED) is 0.454. The monoisotopic (exact) mass is 523 g/mol. The van der Waals surface area contributed by atoms with E-state index in [0.717, 1.165) is 21.7 Å². The number of likely N-dealkylation sites (tertiary alicyclic amines) is 1. The van der Waals surface area contributed by atoms with E-state index in [1.807, 2.05) is 45.0 Å². The number of aliphatic hydroxyl groups is 1. The third-order valence-corrected chi connectivity index (χ3v) is 8.12. The van der Waals surface area contributed by atoms with Gasteiger partial charge in [-0.05, 0) is 30.9 Å². The number of rotatable bonds is 6. The summed E-state index contributed by atoms with van der Waals surface area (Å²) in [6, 6.07) is 8.34. The Morgan fingerprint density at radius 3 is 2.59 bits per heavy atom. The molecule has 0 bridgehead atoms. The van der Waals surface area contributed by atoms with Crippen molar-refractivity contribution >= 4 is 29.0 Å². The molecule has 3 N–H and O–H groups in total. The molecule has 11 heteroatoms. The van der Waals surface area contributed by atoms with Crippen molar-refractivity contribution in [1.82, 2.24) is 20.4 Å². The van der Waals surface area contributed by atoms with E-state index in [1.54, 1.807) is 23.8 Å². The fourth-order valence-corrected chi connectivity index (χ4v) is 5.93. The largest absolute Gasteiger partial charge is 0.391 e. The van der Waals surface area contributed by atoms with Crippen molar-refractivity contribution in [2.24, 2.45) is 10.9 Å². The van der Waals surface area contributed by atoms with Crippen LogP contribution in [0.25, 0.3) is 10.4 Å². The standard InChI is InChI=1S/C26H29N5O5S/c1-13(2)21(19-10-20(33)30-36-19)24(34)31-11-17(32)9-18(31)23-28-25(35)26(4,29-23)16-7-5-15(6-8-16)22-14(3)27-12-37-22/h5-8,10,12-13,17-18,21,32H,9,11H2,1-4H3,(H,30,33)(H,28,29,35)/t17-,18?,21?,26?/m1/s1. The number of thiazole rings is 1. The second-order valence-corrected chi connectivity index (χ2v) is 11.0. The zero-order valence-corrected chi connectivity index (χ0v) is 21.8. The normalized spacial score (nSPS) is 24.4. The summed E-state index contributed by atoms with van der Waals surface area (Å²) in [5.74, 6) is -0.903. The number of nitrogens with one attached hydrogen (secondary N) is 2. The molecular weight excluding hydrogens is 494 g/mol. The number of β-amino-alcohol motifs (C(OH)–C–C–N with tert-alkyl or cyclic N) is 1. The number of hydrogen-bond acceptors (Lipinski definition) is 8. The zero-order chi connectivity index (χ0) is 26.5. The molecule has 4 atom stereocenters. The third kappa shape index (κ3) is 4.42. The number of aliphatic hydroxyl groups excluding tert-OH is 1. The van der Waals surface area contributed by atoms with Gasteiger partial charge in [0.1, 0.15) is 11.8 Å². The second kappa shape index (κ2) is 9.38. The van der Waals surface area contributed by atoms with E-state index in [4.69, 9.17) is 9.52 Å². The molecule has 37 heavy (non-hydrogen) atoms. The number of amidine groups is 1. The van der Waals surface area contributed by atoms with E-state index < -0.39 is 29.2 Å². The molecule has 2 aliphatic rings. The van der Waals surface area contributed by atoms with Crippen molar-refractivity contribution in [3.63, 3.8) is 0 Å². The summed E-state index contributed by atoms with van der Waals surface area (Å²) in [5, 5.41) is 15.6. The van der Waals surface area contributed by atoms with Gasteiger partial charge in [-0.1, -0.05) is 38.1 Å². The lowest BCUT2D eigenvalue weighted by atomic mass is 9.91. The third-order valence-electron chi connectivity index (χ3n) is 7.14. The number of nitrogens with zero attached hydrogens (tertiary/aromatic N) is 3. The van der Waals surface area contributed by atoms with Crippen LogP contribution < -0.4 is 10.9 Å². The second-order valence-electron chi connectivity index (χ2n) is 10.1. The summed E-state index contributed by atoms with van der Waals surface area (Å²) in [4.78, 5) is 50.2. The number of aromatic amines is 1. The molecule has 2 aliphatic heterocycles. The first-order chi connectivity index (χ1) is 17.6. The van der Waals surface area contributed by atoms with Crippen LogP contribution in [-0.2, 0) is 15.1 Å². The first-order valence-corrected chi connectivity index (χ1v) is 13.1. The highest BCUT2D eigenvalue weighted by atomic mass is 32.1. The number of hydrogen-bond donors (Lipinski definition) is 3. The van der Waals surface area contributed by atoms with Gasteiger partial charge in [0.25, 0.3) is 11.5 Å². The van der Waals surface area contributed by atoms with E-state index >= 15 is 0 Å². The summed E-state index contributed by atoms with van der Waals surface area (Å²) in [6.07, 6.45) is -0.528. The first kappa shape index (κ1) is 25.1. The van der Waals surface area contributed by atoms with Gasteiger partial charge in [-0.3, -0.25) is 14.4 Å². The Kier molecular flexibility index (Phi) is 6.36. The summed E-state index contributed by atoms with van der Waals surface area (Å²) >= 11 is 1.56. The molecule has 194 valence electrons. The summed E-state index contributed by atoms with van der Waals surface area (Å²) < 4.78 is 5.26. The number of aromatic nitrogens is 2. The molecule has 5 rings (SSSR count). The van der Waals surface area contributed by atoms with Crippen LogP contribution in [0.15, 0.2) is 50.2 Å². The summed E-state index contributed by atoms with van der Waals surface area (Å²) in [5.41, 5.74) is 2.89. The van der Waals surface area contributed by atoms with Crippen LogP contribution in [0, 0.1) is 12.8 Å². The van der Waals surface area contributed by atoms with Crippen LogP contribution >= 0.6 is 11.3 Å². The maximum absolute atomic E-state index is 13.7. The molecule has 2 amide bonds. The van der Waals surface area contributed by atoms with E-state index in [9.17, 15) is 19.5 Å². The minimum Gasteiger partial charge on any atom is -0.391 e. The summed E-state index contributed by atoms with van der Waals surface area (Å²) in [7, 11) is 0. The van der Waals surface area contributed by atoms with Gasteiger partial charge < -0.3 is 19.8 Å². The molecule has 3 aromatic rings. The molecule has 1 fully saturated rings. The average molecular weight is 524 g/mol. The molecule has 0 aliphatic carbocycles. The summed E-state index contributed by atoms with van der Waals surface area (Å²) in [6.45, 7) is 7.51. The first-order valence-electron chi connectivity index (χ1n) is 12.2. The van der Waals surface area contributed by atoms with Gasteiger partial charge in [0.15, 0.2) is 11.3 Å². The van der Waals surface area contributed by atoms with Crippen molar-refractivity contribution < 1.29 is 19.2 Å². The van der Waals surface area contributed by atoms with Gasteiger partial charge >= 0.3 is 0 Å². The van der Waals surface area contributed by atoms with Crippen LogP contribution in [0.3, 0.4) is 0 Å². The number of carbonyl (C=O) groups excluding carboxylic acids is 2. The molecule has 0 saturated carbocycles. The predicted molar refractivity (Wildman–Crippen MR) is 138 cm³/mol. The highest BCUT2D eigenvalue weighted by molar-refractivity contribution is 7.13. The lowest BCUT2D eigenvalue weighted by Crippen LogP contribution is -2.48. The number of H-pyrrole nitrogens is 1. The van der Waals surface area contributed by atoms with Crippen molar-refractivity contribution in [3.8, 4) is 10.4 Å². The Labute approximate surface area is 217 Å². The number of benzene rings is 1. The Hall–Kier alpha value is -3.57. The SMILES string of the molecule is Cc1ncsc1-c1ccc(C2(C)N=C(C3C[C@@H](O)CN3C(=O)C(c3cc(=O)[nH]o3)C(C)C)NC2=O)cc1. The Morgan fingerprint density at radius 1 is 1.27 bits per heavy atom. The molecule has 0 radical (unpaired) electrons. The van der Waals surface area contributed by atoms with Crippen molar-refractivity contribution in [2.45, 2.75) is 57.7 Å². The van der Waals surface area contributed by atoms with Gasteiger partial charge in [-0.15, -0.1) is 11.3 Å². The van der Waals surface area contributed by atoms with E-state index in [2.05, 4.69) is 15.5 Å². The van der Waals surface area contributed by atoms with Gasteiger partial charge in [0.05, 0.1) is 28.2 Å². The van der Waals surface area contributed by atoms with Crippen molar-refractivity contribution in [1.29, 1.82) is 0 Å². The Morgan fingerprint density at radius 2 is 2.00 bits per heavy atom. The van der Waals surface area contributed by atoms with Crippen LogP contribution in [0.4, 0.5) is 0 Å². The van der Waals surface area contributed by atoms with Gasteiger partial charge in [0, 0.05) is 19.0 Å². The number of aliphatic imine (C=N–C) groups is 1. The highest BCUT2D eigenvalue weighted by Gasteiger charge is 2.48. The lowest BCUT2D eigenvalue weighted by Gasteiger charge is -2.29. The van der Waals surface area contributed by atoms with Gasteiger partial charge in [0.2, 0.25) is 5.91 Å². The average Bonchev–Trinajstić information content (AvgIpc) is 3.62. The van der Waals surface area contributed by atoms with E-state index in [0.29, 0.717) is 5.84 Å². The zero-order valence-electron chi connectivity index (χ0n) is 21.0. The smallest absolute Gasteiger partial charge is 0.280 e. The van der Waals surface area contributed by atoms with Crippen LogP contribution in [0.2, 0.25) is 0 Å². The maximum Gasteiger partial charge on any atom is 0.280 e. The van der Waals surface area contributed by atoms with Crippen LogP contribution in [0.1, 0.15) is 50.1 Å². The van der Waals surface area contributed by atoms with Gasteiger partial charge in [-0.25, -0.2) is 9.98 Å². The van der Waals surface area contributed by atoms with Gasteiger partial charge in [-0.2, -0.15) is 5.16 Å². The molecule has 4 heterocycles. The number of amides is 2. The number of aryl methyl sites for hydroxylation is 1. The van der Waals surface area contributed by atoms with Crippen LogP contribution in [-0.4, -0.2) is 56.5 Å². The Bertz CT molecular complexity index is 1420. The minimum atomic E-state index is -1.18. The van der Waals surface area contributed by atoms with E-state index in [1.165, 1.54) is 11.0 Å². The maximum atomic E-state index is 13.7. The lowest BCUT2D eigenvalue weighted by molar-refractivity contribution is -0.134. The molecule has 3 unspecified atom stereocenters. The van der Waals surface area contributed by atoms with E-state index in [-0.39, 0.29) is 36.5 Å². The molecule has 2 aromatic heterocycles. The number of carbonyl (C=O) groups is 2.